The van der Waals surface area contributed by atoms with Gasteiger partial charge >= 0.3 is 0 Å². The third-order valence-electron chi connectivity index (χ3n) is 4.96. The molecule has 0 N–H and O–H groups in total. The largest absolute Gasteiger partial charge is 0.494 e. The van der Waals surface area contributed by atoms with Gasteiger partial charge < -0.3 is 9.47 Å². The average molecular weight is 471 g/mol. The Labute approximate surface area is 196 Å². The van der Waals surface area contributed by atoms with Gasteiger partial charge in [-0.05, 0) is 62.1 Å². The zero-order valence-electron chi connectivity index (χ0n) is 18.0. The molecule has 0 radical (unpaired) electrons. The van der Waals surface area contributed by atoms with Gasteiger partial charge in [-0.2, -0.15) is 4.98 Å². The Hall–Kier alpha value is -2.84. The molecule has 0 unspecified atom stereocenters. The molecule has 32 heavy (non-hydrogen) atoms. The fourth-order valence-electron chi connectivity index (χ4n) is 3.54. The van der Waals surface area contributed by atoms with Crippen molar-refractivity contribution in [3.8, 4) is 22.9 Å². The van der Waals surface area contributed by atoms with Crippen LogP contribution >= 0.6 is 23.4 Å². The molecule has 1 aromatic heterocycles. The van der Waals surface area contributed by atoms with Crippen LogP contribution in [0.1, 0.15) is 38.5 Å². The second kappa shape index (κ2) is 9.75. The van der Waals surface area contributed by atoms with Gasteiger partial charge in [0.1, 0.15) is 5.75 Å². The van der Waals surface area contributed by atoms with Crippen molar-refractivity contribution in [2.45, 2.75) is 38.1 Å². The van der Waals surface area contributed by atoms with E-state index in [4.69, 9.17) is 21.1 Å². The molecule has 4 rings (SSSR count). The van der Waals surface area contributed by atoms with Gasteiger partial charge in [-0.15, -0.1) is 10.2 Å². The second-order valence-electron chi connectivity index (χ2n) is 7.10. The standard InChI is InChI=1S/C23H23ClN4O3S/c1-4-6-19(29)28-18-12-9-15(24)13-17(18)20-21(25-23(32-3)27-26-20)31-22(28)14-7-10-16(11-8-14)30-5-2/h7-13,22H,4-6H2,1-3H3/t22-/m0/s1. The number of carbonyl (C=O) groups excluding carboxylic acids is 1. The molecule has 0 bridgehead atoms. The number of fused-ring (bicyclic) bond motifs is 3. The van der Waals surface area contributed by atoms with Crippen LogP contribution in [-0.4, -0.2) is 34.0 Å². The van der Waals surface area contributed by atoms with Crippen LogP contribution in [0.3, 0.4) is 0 Å². The van der Waals surface area contributed by atoms with Crippen molar-refractivity contribution in [3.63, 3.8) is 0 Å². The third kappa shape index (κ3) is 4.38. The molecule has 1 aliphatic rings. The highest BCUT2D eigenvalue weighted by Gasteiger charge is 2.35. The maximum atomic E-state index is 13.4. The Morgan fingerprint density at radius 1 is 1.19 bits per heavy atom. The molecule has 0 saturated heterocycles. The first-order valence-corrected chi connectivity index (χ1v) is 12.0. The monoisotopic (exact) mass is 470 g/mol. The summed E-state index contributed by atoms with van der Waals surface area (Å²) in [7, 11) is 0. The number of nitrogens with zero attached hydrogens (tertiary/aromatic N) is 4. The highest BCUT2D eigenvalue weighted by Crippen LogP contribution is 2.44. The molecule has 2 aromatic carbocycles. The number of anilines is 1. The fourth-order valence-corrected chi connectivity index (χ4v) is 4.01. The maximum absolute atomic E-state index is 13.4. The van der Waals surface area contributed by atoms with Crippen LogP contribution in [0.4, 0.5) is 5.69 Å². The first-order chi connectivity index (χ1) is 15.5. The normalized spacial score (nSPS) is 14.8. The van der Waals surface area contributed by atoms with Crippen molar-refractivity contribution in [2.24, 2.45) is 0 Å². The van der Waals surface area contributed by atoms with Gasteiger partial charge in [0.25, 0.3) is 0 Å². The molecule has 2 heterocycles. The highest BCUT2D eigenvalue weighted by atomic mass is 35.5. The van der Waals surface area contributed by atoms with Crippen LogP contribution in [0.5, 0.6) is 11.6 Å². The number of thioether (sulfide) groups is 1. The van der Waals surface area contributed by atoms with E-state index in [0.717, 1.165) is 11.3 Å². The van der Waals surface area contributed by atoms with Crippen LogP contribution < -0.4 is 14.4 Å². The molecule has 166 valence electrons. The number of rotatable bonds is 6. The topological polar surface area (TPSA) is 77.4 Å². The van der Waals surface area contributed by atoms with Gasteiger partial charge in [0.05, 0.1) is 12.3 Å². The minimum absolute atomic E-state index is 0.0687. The van der Waals surface area contributed by atoms with Crippen LogP contribution in [0.15, 0.2) is 47.6 Å². The number of aromatic nitrogens is 3. The lowest BCUT2D eigenvalue weighted by Gasteiger charge is -2.31. The van der Waals surface area contributed by atoms with E-state index in [1.807, 2.05) is 50.4 Å². The number of benzene rings is 2. The zero-order chi connectivity index (χ0) is 22.7. The Balaban J connectivity index is 1.92. The molecule has 7 nitrogen and oxygen atoms in total. The summed E-state index contributed by atoms with van der Waals surface area (Å²) in [5.41, 5.74) is 2.54. The average Bonchev–Trinajstić information content (AvgIpc) is 2.94. The van der Waals surface area contributed by atoms with Gasteiger partial charge in [0.2, 0.25) is 23.2 Å². The summed E-state index contributed by atoms with van der Waals surface area (Å²) in [5, 5.41) is 9.54. The van der Waals surface area contributed by atoms with Gasteiger partial charge in [-0.3, -0.25) is 9.69 Å². The van der Waals surface area contributed by atoms with Crippen LogP contribution in [0, 0.1) is 0 Å². The quantitative estimate of drug-likeness (QED) is 0.438. The molecule has 0 aliphatic carbocycles. The van der Waals surface area contributed by atoms with Crippen molar-refractivity contribution in [1.29, 1.82) is 0 Å². The molecule has 0 fully saturated rings. The lowest BCUT2D eigenvalue weighted by atomic mass is 10.1. The summed E-state index contributed by atoms with van der Waals surface area (Å²) in [5.74, 6) is 0.983. The summed E-state index contributed by atoms with van der Waals surface area (Å²) in [4.78, 5) is 19.6. The summed E-state index contributed by atoms with van der Waals surface area (Å²) in [6.07, 6.45) is 2.20. The minimum Gasteiger partial charge on any atom is -0.494 e. The molecule has 1 amide bonds. The highest BCUT2D eigenvalue weighted by molar-refractivity contribution is 7.98. The lowest BCUT2D eigenvalue weighted by molar-refractivity contribution is -0.120. The summed E-state index contributed by atoms with van der Waals surface area (Å²) >= 11 is 7.68. The van der Waals surface area contributed by atoms with Crippen molar-refractivity contribution in [1.82, 2.24) is 15.2 Å². The lowest BCUT2D eigenvalue weighted by Crippen LogP contribution is -2.37. The van der Waals surface area contributed by atoms with E-state index in [0.29, 0.717) is 52.5 Å². The van der Waals surface area contributed by atoms with Crippen LogP contribution in [0.25, 0.3) is 11.3 Å². The Bertz CT molecular complexity index is 1130. The Morgan fingerprint density at radius 2 is 1.97 bits per heavy atom. The SMILES string of the molecule is CCCC(=O)N1c2ccc(Cl)cc2-c2nnc(SC)nc2O[C@H]1c1ccc(OCC)cc1. The predicted molar refractivity (Wildman–Crippen MR) is 125 cm³/mol. The predicted octanol–water partition coefficient (Wildman–Crippen LogP) is 5.54. The first-order valence-electron chi connectivity index (χ1n) is 10.4. The van der Waals surface area contributed by atoms with Gasteiger partial charge in [0, 0.05) is 22.6 Å². The molecule has 1 atom stereocenters. The molecule has 1 aliphatic heterocycles. The summed E-state index contributed by atoms with van der Waals surface area (Å²) < 4.78 is 12.0. The van der Waals surface area contributed by atoms with E-state index in [2.05, 4.69) is 15.2 Å². The smallest absolute Gasteiger partial charge is 0.247 e. The number of hydrogen-bond acceptors (Lipinski definition) is 7. The number of carbonyl (C=O) groups is 1. The number of halogens is 1. The van der Waals surface area contributed by atoms with Crippen molar-refractivity contribution < 1.29 is 14.3 Å². The Morgan fingerprint density at radius 3 is 2.66 bits per heavy atom. The molecule has 9 heteroatoms. The van der Waals surface area contributed by atoms with E-state index in [9.17, 15) is 4.79 Å². The third-order valence-corrected chi connectivity index (χ3v) is 5.73. The van der Waals surface area contributed by atoms with E-state index in [1.54, 1.807) is 17.0 Å². The van der Waals surface area contributed by atoms with Gasteiger partial charge in [0.15, 0.2) is 5.69 Å². The van der Waals surface area contributed by atoms with Gasteiger partial charge in [-0.25, -0.2) is 0 Å². The second-order valence-corrected chi connectivity index (χ2v) is 8.31. The molecular formula is C23H23ClN4O3S. The van der Waals surface area contributed by atoms with E-state index in [-0.39, 0.29) is 5.91 Å². The Kier molecular flexibility index (Phi) is 6.81. The zero-order valence-corrected chi connectivity index (χ0v) is 19.6. The van der Waals surface area contributed by atoms with Crippen molar-refractivity contribution in [3.05, 3.63) is 53.1 Å². The van der Waals surface area contributed by atoms with Crippen LogP contribution in [-0.2, 0) is 4.79 Å². The number of ether oxygens (including phenoxy) is 2. The maximum Gasteiger partial charge on any atom is 0.247 e. The first kappa shape index (κ1) is 22.4. The van der Waals surface area contributed by atoms with E-state index >= 15 is 0 Å². The number of hydrogen-bond donors (Lipinski definition) is 0. The summed E-state index contributed by atoms with van der Waals surface area (Å²) in [6.45, 7) is 4.47. The minimum atomic E-state index is -0.739. The summed E-state index contributed by atoms with van der Waals surface area (Å²) in [6, 6.07) is 12.9. The molecular weight excluding hydrogens is 448 g/mol. The number of amides is 1. The molecule has 0 saturated carbocycles. The van der Waals surface area contributed by atoms with E-state index < -0.39 is 6.23 Å². The molecule has 0 spiro atoms. The van der Waals surface area contributed by atoms with E-state index in [1.165, 1.54) is 11.8 Å². The van der Waals surface area contributed by atoms with Crippen molar-refractivity contribution in [2.75, 3.05) is 17.8 Å². The van der Waals surface area contributed by atoms with Crippen molar-refractivity contribution >= 4 is 35.0 Å². The fraction of sp³-hybridized carbons (Fsp3) is 0.304. The van der Waals surface area contributed by atoms with Gasteiger partial charge in [-0.1, -0.05) is 30.3 Å². The molecule has 3 aromatic rings. The van der Waals surface area contributed by atoms with Crippen LogP contribution in [0.2, 0.25) is 5.02 Å².